The van der Waals surface area contributed by atoms with Crippen molar-refractivity contribution in [3.63, 3.8) is 0 Å². The summed E-state index contributed by atoms with van der Waals surface area (Å²) in [5, 5.41) is 6.96. The van der Waals surface area contributed by atoms with E-state index in [1.807, 2.05) is 0 Å². The number of benzene rings is 1. The van der Waals surface area contributed by atoms with Gasteiger partial charge in [-0.3, -0.25) is 0 Å². The van der Waals surface area contributed by atoms with Crippen molar-refractivity contribution in [2.75, 3.05) is 32.1 Å². The molecule has 0 bridgehead atoms. The second-order valence-corrected chi connectivity index (χ2v) is 5.21. The number of aryl methyl sites for hydroxylation is 2. The Balaban J connectivity index is 1.90. The summed E-state index contributed by atoms with van der Waals surface area (Å²) < 4.78 is 5.33. The lowest BCUT2D eigenvalue weighted by Crippen LogP contribution is -2.13. The summed E-state index contributed by atoms with van der Waals surface area (Å²) in [5.74, 6) is 1.81. The average molecular weight is 248 g/mol. The maximum atomic E-state index is 5.33. The minimum atomic E-state index is 0.845. The fraction of sp³-hybridized carbons (Fsp3) is 0.600. The number of nitrogens with one attached hydrogen (secondary N) is 2. The first-order valence-electron chi connectivity index (χ1n) is 6.80. The van der Waals surface area contributed by atoms with Gasteiger partial charge in [0.15, 0.2) is 0 Å². The van der Waals surface area contributed by atoms with Crippen LogP contribution in [0.3, 0.4) is 0 Å². The zero-order chi connectivity index (χ0) is 13.0. The highest BCUT2D eigenvalue weighted by Crippen LogP contribution is 2.26. The van der Waals surface area contributed by atoms with Crippen molar-refractivity contribution in [2.45, 2.75) is 26.7 Å². The molecule has 2 rings (SSSR count). The Morgan fingerprint density at radius 3 is 2.83 bits per heavy atom. The molecule has 0 radical (unpaired) electrons. The van der Waals surface area contributed by atoms with Crippen LogP contribution >= 0.6 is 0 Å². The summed E-state index contributed by atoms with van der Waals surface area (Å²) in [6.07, 6.45) is 2.57. The lowest BCUT2D eigenvalue weighted by atomic mass is 10.0. The molecule has 1 atom stereocenters. The predicted octanol–water partition coefficient (Wildman–Crippen LogP) is 2.72. The summed E-state index contributed by atoms with van der Waals surface area (Å²) in [6.45, 7) is 7.64. The van der Waals surface area contributed by atoms with Crippen molar-refractivity contribution in [2.24, 2.45) is 5.92 Å². The third-order valence-electron chi connectivity index (χ3n) is 3.77. The molecule has 1 unspecified atom stereocenters. The third kappa shape index (κ3) is 3.16. The minimum Gasteiger partial charge on any atom is -0.496 e. The molecule has 1 fully saturated rings. The van der Waals surface area contributed by atoms with Crippen LogP contribution in [0.4, 0.5) is 5.69 Å². The van der Waals surface area contributed by atoms with E-state index in [2.05, 4.69) is 36.6 Å². The van der Waals surface area contributed by atoms with Gasteiger partial charge in [0.05, 0.1) is 7.11 Å². The molecule has 1 aliphatic rings. The largest absolute Gasteiger partial charge is 0.496 e. The highest BCUT2D eigenvalue weighted by molar-refractivity contribution is 5.56. The van der Waals surface area contributed by atoms with E-state index in [0.717, 1.165) is 18.2 Å². The molecular weight excluding hydrogens is 224 g/mol. The molecule has 0 amide bonds. The first-order chi connectivity index (χ1) is 8.70. The van der Waals surface area contributed by atoms with Crippen molar-refractivity contribution < 1.29 is 4.74 Å². The third-order valence-corrected chi connectivity index (χ3v) is 3.77. The van der Waals surface area contributed by atoms with Gasteiger partial charge >= 0.3 is 0 Å². The van der Waals surface area contributed by atoms with Crippen LogP contribution in [0.1, 0.15) is 24.0 Å². The van der Waals surface area contributed by atoms with Crippen LogP contribution in [-0.2, 0) is 0 Å². The Labute approximate surface area is 110 Å². The number of hydrogen-bond donors (Lipinski definition) is 2. The van der Waals surface area contributed by atoms with E-state index in [0.29, 0.717) is 0 Å². The number of methoxy groups -OCH3 is 1. The normalized spacial score (nSPS) is 18.9. The maximum absolute atomic E-state index is 5.33. The van der Waals surface area contributed by atoms with Crippen molar-refractivity contribution >= 4 is 5.69 Å². The van der Waals surface area contributed by atoms with Crippen LogP contribution in [0.15, 0.2) is 12.1 Å². The van der Waals surface area contributed by atoms with Crippen LogP contribution < -0.4 is 15.4 Å². The van der Waals surface area contributed by atoms with Crippen LogP contribution in [0.2, 0.25) is 0 Å². The molecule has 3 nitrogen and oxygen atoms in total. The fourth-order valence-corrected chi connectivity index (χ4v) is 2.57. The van der Waals surface area contributed by atoms with Crippen molar-refractivity contribution in [3.05, 3.63) is 23.3 Å². The van der Waals surface area contributed by atoms with E-state index in [1.54, 1.807) is 7.11 Å². The molecule has 1 heterocycles. The van der Waals surface area contributed by atoms with Gasteiger partial charge in [-0.05, 0) is 69.0 Å². The standard InChI is InChI=1S/C15H24N2O/c1-11-9-15(18-3)12(2)8-14(11)17-7-5-13-4-6-16-10-13/h8-9,13,16-17H,4-7,10H2,1-3H3. The zero-order valence-electron chi connectivity index (χ0n) is 11.7. The van der Waals surface area contributed by atoms with Gasteiger partial charge in [-0.15, -0.1) is 0 Å². The number of anilines is 1. The molecule has 0 saturated carbocycles. The predicted molar refractivity (Wildman–Crippen MR) is 76.6 cm³/mol. The van der Waals surface area contributed by atoms with Gasteiger partial charge < -0.3 is 15.4 Å². The van der Waals surface area contributed by atoms with Gasteiger partial charge in [-0.1, -0.05) is 0 Å². The van der Waals surface area contributed by atoms with E-state index in [1.165, 1.54) is 42.7 Å². The second kappa shape index (κ2) is 6.10. The summed E-state index contributed by atoms with van der Waals surface area (Å²) >= 11 is 0. The van der Waals surface area contributed by atoms with Gasteiger partial charge in [0.25, 0.3) is 0 Å². The summed E-state index contributed by atoms with van der Waals surface area (Å²) in [7, 11) is 1.72. The Morgan fingerprint density at radius 2 is 2.17 bits per heavy atom. The lowest BCUT2D eigenvalue weighted by Gasteiger charge is -2.14. The number of hydrogen-bond acceptors (Lipinski definition) is 3. The van der Waals surface area contributed by atoms with Crippen LogP contribution in [-0.4, -0.2) is 26.7 Å². The molecule has 1 saturated heterocycles. The van der Waals surface area contributed by atoms with Crippen molar-refractivity contribution in [1.29, 1.82) is 0 Å². The zero-order valence-corrected chi connectivity index (χ0v) is 11.7. The molecule has 1 aromatic rings. The summed E-state index contributed by atoms with van der Waals surface area (Å²) in [5.41, 5.74) is 3.68. The highest BCUT2D eigenvalue weighted by atomic mass is 16.5. The Morgan fingerprint density at radius 1 is 1.33 bits per heavy atom. The monoisotopic (exact) mass is 248 g/mol. The number of ether oxygens (including phenoxy) is 1. The molecular formula is C15H24N2O. The molecule has 0 spiro atoms. The molecule has 18 heavy (non-hydrogen) atoms. The summed E-state index contributed by atoms with van der Waals surface area (Å²) in [6, 6.07) is 4.29. The molecule has 0 aliphatic carbocycles. The molecule has 100 valence electrons. The number of rotatable bonds is 5. The van der Waals surface area contributed by atoms with E-state index >= 15 is 0 Å². The fourth-order valence-electron chi connectivity index (χ4n) is 2.57. The molecule has 2 N–H and O–H groups in total. The SMILES string of the molecule is COc1cc(C)c(NCCC2CCNC2)cc1C. The highest BCUT2D eigenvalue weighted by Gasteiger charge is 2.13. The summed E-state index contributed by atoms with van der Waals surface area (Å²) in [4.78, 5) is 0. The first kappa shape index (κ1) is 13.2. The topological polar surface area (TPSA) is 33.3 Å². The molecule has 1 aromatic carbocycles. The molecule has 0 aromatic heterocycles. The van der Waals surface area contributed by atoms with E-state index in [9.17, 15) is 0 Å². The second-order valence-electron chi connectivity index (χ2n) is 5.21. The maximum Gasteiger partial charge on any atom is 0.122 e. The van der Waals surface area contributed by atoms with Gasteiger partial charge in [-0.25, -0.2) is 0 Å². The van der Waals surface area contributed by atoms with Crippen LogP contribution in [0, 0.1) is 19.8 Å². The van der Waals surface area contributed by atoms with Gasteiger partial charge in [0.1, 0.15) is 5.75 Å². The minimum absolute atomic E-state index is 0.845. The Kier molecular flexibility index (Phi) is 4.48. The Hall–Kier alpha value is -1.22. The smallest absolute Gasteiger partial charge is 0.122 e. The van der Waals surface area contributed by atoms with Crippen LogP contribution in [0.5, 0.6) is 5.75 Å². The van der Waals surface area contributed by atoms with Gasteiger partial charge in [-0.2, -0.15) is 0 Å². The van der Waals surface area contributed by atoms with Crippen molar-refractivity contribution in [1.82, 2.24) is 5.32 Å². The quantitative estimate of drug-likeness (QED) is 0.840. The van der Waals surface area contributed by atoms with Gasteiger partial charge in [0, 0.05) is 12.2 Å². The van der Waals surface area contributed by atoms with E-state index < -0.39 is 0 Å². The molecule has 1 aliphatic heterocycles. The average Bonchev–Trinajstić information content (AvgIpc) is 2.86. The van der Waals surface area contributed by atoms with E-state index in [-0.39, 0.29) is 0 Å². The van der Waals surface area contributed by atoms with Crippen LogP contribution in [0.25, 0.3) is 0 Å². The van der Waals surface area contributed by atoms with E-state index in [4.69, 9.17) is 4.74 Å². The molecule has 3 heteroatoms. The lowest BCUT2D eigenvalue weighted by molar-refractivity contribution is 0.411. The van der Waals surface area contributed by atoms with Gasteiger partial charge in [0.2, 0.25) is 0 Å². The first-order valence-corrected chi connectivity index (χ1v) is 6.80. The Bertz CT molecular complexity index is 398. The van der Waals surface area contributed by atoms with Crippen molar-refractivity contribution in [3.8, 4) is 5.75 Å².